The number of rotatable bonds is 3. The predicted molar refractivity (Wildman–Crippen MR) is 95.1 cm³/mol. The van der Waals surface area contributed by atoms with E-state index in [1.54, 1.807) is 12.4 Å². The second-order valence-corrected chi connectivity index (χ2v) is 6.54. The Bertz CT molecular complexity index is 889. The van der Waals surface area contributed by atoms with Gasteiger partial charge in [0.05, 0.1) is 16.7 Å². The maximum atomic E-state index is 12.9. The number of hydrogen-bond donors (Lipinski definition) is 0. The smallest absolute Gasteiger partial charge is 0.242 e. The zero-order chi connectivity index (χ0) is 17.2. The van der Waals surface area contributed by atoms with Crippen molar-refractivity contribution in [2.45, 2.75) is 32.2 Å². The third kappa shape index (κ3) is 3.12. The van der Waals surface area contributed by atoms with Crippen molar-refractivity contribution < 1.29 is 4.79 Å². The van der Waals surface area contributed by atoms with Crippen LogP contribution in [0.5, 0.6) is 0 Å². The molecule has 1 aliphatic heterocycles. The molecule has 2 aromatic heterocycles. The molecule has 0 bridgehead atoms. The van der Waals surface area contributed by atoms with Gasteiger partial charge in [-0.05, 0) is 31.9 Å². The summed E-state index contributed by atoms with van der Waals surface area (Å²) in [5.41, 5.74) is 2.92. The van der Waals surface area contributed by atoms with Gasteiger partial charge in [-0.25, -0.2) is 4.98 Å². The molecule has 1 amide bonds. The van der Waals surface area contributed by atoms with Crippen LogP contribution in [0, 0.1) is 6.92 Å². The zero-order valence-electron chi connectivity index (χ0n) is 14.3. The minimum Gasteiger partial charge on any atom is -0.340 e. The first-order valence-corrected chi connectivity index (χ1v) is 8.68. The van der Waals surface area contributed by atoms with E-state index in [-0.39, 0.29) is 11.8 Å². The van der Waals surface area contributed by atoms with Crippen LogP contribution in [0.25, 0.3) is 11.0 Å². The van der Waals surface area contributed by atoms with Crippen LogP contribution in [0.15, 0.2) is 42.9 Å². The number of imidazole rings is 1. The molecule has 3 heterocycles. The van der Waals surface area contributed by atoms with E-state index in [2.05, 4.69) is 15.0 Å². The third-order valence-corrected chi connectivity index (χ3v) is 4.91. The summed E-state index contributed by atoms with van der Waals surface area (Å²) in [4.78, 5) is 28.0. The summed E-state index contributed by atoms with van der Waals surface area (Å²) in [5.74, 6) is 1.28. The third-order valence-electron chi connectivity index (χ3n) is 4.91. The Morgan fingerprint density at radius 3 is 3.00 bits per heavy atom. The standard InChI is InChI=1S/C19H21N5O/c1-14-22-16-6-2-3-7-18(16)24(14)13-19(25)23-10-4-5-15(12-23)17-11-20-8-9-21-17/h2-3,6-9,11,15H,4-5,10,12-13H2,1H3/t15-/m0/s1. The van der Waals surface area contributed by atoms with E-state index in [4.69, 9.17) is 0 Å². The van der Waals surface area contributed by atoms with Crippen molar-refractivity contribution in [2.24, 2.45) is 0 Å². The minimum absolute atomic E-state index is 0.139. The van der Waals surface area contributed by atoms with Gasteiger partial charge in [0, 0.05) is 37.6 Å². The summed E-state index contributed by atoms with van der Waals surface area (Å²) < 4.78 is 2.00. The number of benzene rings is 1. The maximum Gasteiger partial charge on any atom is 0.242 e. The number of aryl methyl sites for hydroxylation is 1. The second-order valence-electron chi connectivity index (χ2n) is 6.54. The van der Waals surface area contributed by atoms with Gasteiger partial charge in [0.15, 0.2) is 0 Å². The highest BCUT2D eigenvalue weighted by molar-refractivity contribution is 5.81. The van der Waals surface area contributed by atoms with Crippen LogP contribution in [0.2, 0.25) is 0 Å². The number of carbonyl (C=O) groups is 1. The van der Waals surface area contributed by atoms with Gasteiger partial charge in [0.25, 0.3) is 0 Å². The van der Waals surface area contributed by atoms with Crippen molar-refractivity contribution in [2.75, 3.05) is 13.1 Å². The predicted octanol–water partition coefficient (Wildman–Crippen LogP) is 2.54. The van der Waals surface area contributed by atoms with E-state index in [0.717, 1.165) is 41.9 Å². The van der Waals surface area contributed by atoms with Crippen molar-refractivity contribution in [3.05, 3.63) is 54.4 Å². The minimum atomic E-state index is 0.139. The average molecular weight is 335 g/mol. The van der Waals surface area contributed by atoms with Gasteiger partial charge in [-0.1, -0.05) is 12.1 Å². The Labute approximate surface area is 146 Å². The molecule has 4 rings (SSSR count). The summed E-state index contributed by atoms with van der Waals surface area (Å²) in [5, 5.41) is 0. The molecule has 0 spiro atoms. The number of nitrogens with zero attached hydrogens (tertiary/aromatic N) is 5. The Morgan fingerprint density at radius 1 is 1.28 bits per heavy atom. The quantitative estimate of drug-likeness (QED) is 0.738. The maximum absolute atomic E-state index is 12.9. The molecule has 6 nitrogen and oxygen atoms in total. The molecule has 3 aromatic rings. The number of carbonyl (C=O) groups excluding carboxylic acids is 1. The Kier molecular flexibility index (Phi) is 4.17. The van der Waals surface area contributed by atoms with Crippen molar-refractivity contribution >= 4 is 16.9 Å². The fourth-order valence-electron chi connectivity index (χ4n) is 3.60. The van der Waals surface area contributed by atoms with Crippen LogP contribution < -0.4 is 0 Å². The van der Waals surface area contributed by atoms with E-state index in [9.17, 15) is 4.79 Å². The van der Waals surface area contributed by atoms with E-state index >= 15 is 0 Å². The highest BCUT2D eigenvalue weighted by Gasteiger charge is 2.26. The summed E-state index contributed by atoms with van der Waals surface area (Å²) >= 11 is 0. The van der Waals surface area contributed by atoms with Crippen LogP contribution in [0.3, 0.4) is 0 Å². The molecule has 25 heavy (non-hydrogen) atoms. The first kappa shape index (κ1) is 15.7. The molecule has 1 aliphatic rings. The van der Waals surface area contributed by atoms with Gasteiger partial charge >= 0.3 is 0 Å². The van der Waals surface area contributed by atoms with E-state index < -0.39 is 0 Å². The first-order valence-electron chi connectivity index (χ1n) is 8.68. The molecule has 0 unspecified atom stereocenters. The molecule has 0 N–H and O–H groups in total. The number of piperidine rings is 1. The van der Waals surface area contributed by atoms with Crippen molar-refractivity contribution in [1.82, 2.24) is 24.4 Å². The Hall–Kier alpha value is -2.76. The monoisotopic (exact) mass is 335 g/mol. The molecule has 0 saturated carbocycles. The molecule has 0 radical (unpaired) electrons. The molecule has 128 valence electrons. The fraction of sp³-hybridized carbons (Fsp3) is 0.368. The van der Waals surface area contributed by atoms with Crippen LogP contribution in [-0.2, 0) is 11.3 Å². The summed E-state index contributed by atoms with van der Waals surface area (Å²) in [7, 11) is 0. The number of amides is 1. The molecule has 0 aliphatic carbocycles. The first-order chi connectivity index (χ1) is 12.2. The topological polar surface area (TPSA) is 63.9 Å². The summed E-state index contributed by atoms with van der Waals surface area (Å²) in [6.07, 6.45) is 7.26. The number of hydrogen-bond acceptors (Lipinski definition) is 4. The normalized spacial score (nSPS) is 17.8. The zero-order valence-corrected chi connectivity index (χ0v) is 14.3. The van der Waals surface area contributed by atoms with Crippen LogP contribution in [0.4, 0.5) is 0 Å². The van der Waals surface area contributed by atoms with Crippen molar-refractivity contribution in [3.63, 3.8) is 0 Å². The van der Waals surface area contributed by atoms with E-state index in [0.29, 0.717) is 13.1 Å². The van der Waals surface area contributed by atoms with Gasteiger partial charge in [0.1, 0.15) is 12.4 Å². The van der Waals surface area contributed by atoms with Crippen LogP contribution in [-0.4, -0.2) is 43.4 Å². The molecule has 1 fully saturated rings. The lowest BCUT2D eigenvalue weighted by molar-refractivity contribution is -0.133. The van der Waals surface area contributed by atoms with E-state index in [1.807, 2.05) is 46.9 Å². The molecule has 1 saturated heterocycles. The number of para-hydroxylation sites is 2. The second kappa shape index (κ2) is 6.63. The Morgan fingerprint density at radius 2 is 2.16 bits per heavy atom. The molecular weight excluding hydrogens is 314 g/mol. The largest absolute Gasteiger partial charge is 0.340 e. The highest BCUT2D eigenvalue weighted by atomic mass is 16.2. The highest BCUT2D eigenvalue weighted by Crippen LogP contribution is 2.25. The molecule has 1 atom stereocenters. The van der Waals surface area contributed by atoms with Gasteiger partial charge in [-0.15, -0.1) is 0 Å². The lowest BCUT2D eigenvalue weighted by Crippen LogP contribution is -2.41. The SMILES string of the molecule is Cc1nc2ccccc2n1CC(=O)N1CCC[C@H](c2cnccn2)C1. The number of aromatic nitrogens is 4. The van der Waals surface area contributed by atoms with Gasteiger partial charge in [-0.3, -0.25) is 14.8 Å². The number of fused-ring (bicyclic) bond motifs is 1. The van der Waals surface area contributed by atoms with Crippen molar-refractivity contribution in [3.8, 4) is 0 Å². The fourth-order valence-corrected chi connectivity index (χ4v) is 3.60. The number of likely N-dealkylation sites (tertiary alicyclic amines) is 1. The molecule has 1 aromatic carbocycles. The molecule has 6 heteroatoms. The van der Waals surface area contributed by atoms with E-state index in [1.165, 1.54) is 0 Å². The van der Waals surface area contributed by atoms with Gasteiger partial charge < -0.3 is 9.47 Å². The van der Waals surface area contributed by atoms with Gasteiger partial charge in [0.2, 0.25) is 5.91 Å². The Balaban J connectivity index is 1.51. The lowest BCUT2D eigenvalue weighted by atomic mass is 9.95. The lowest BCUT2D eigenvalue weighted by Gasteiger charge is -2.32. The van der Waals surface area contributed by atoms with Crippen LogP contribution in [0.1, 0.15) is 30.3 Å². The van der Waals surface area contributed by atoms with Crippen molar-refractivity contribution in [1.29, 1.82) is 0 Å². The van der Waals surface area contributed by atoms with Gasteiger partial charge in [-0.2, -0.15) is 0 Å². The average Bonchev–Trinajstić information content (AvgIpc) is 2.98. The van der Waals surface area contributed by atoms with Crippen LogP contribution >= 0.6 is 0 Å². The summed E-state index contributed by atoms with van der Waals surface area (Å²) in [6, 6.07) is 7.95. The molecular formula is C19H21N5O. The summed E-state index contributed by atoms with van der Waals surface area (Å²) in [6.45, 7) is 3.80.